The van der Waals surface area contributed by atoms with Crippen molar-refractivity contribution in [3.05, 3.63) is 0 Å². The van der Waals surface area contributed by atoms with E-state index in [-0.39, 0.29) is 18.0 Å². The molecule has 0 aromatic heterocycles. The van der Waals surface area contributed by atoms with Crippen LogP contribution in [0, 0.1) is 0 Å². The van der Waals surface area contributed by atoms with Gasteiger partial charge in [-0.15, -0.1) is 0 Å². The van der Waals surface area contributed by atoms with E-state index in [4.69, 9.17) is 11.5 Å². The number of hydrogen-bond acceptors (Lipinski definition) is 3. The van der Waals surface area contributed by atoms with Crippen LogP contribution in [0.15, 0.2) is 0 Å². The first kappa shape index (κ1) is 7.50. The van der Waals surface area contributed by atoms with Gasteiger partial charge in [0, 0.05) is 12.6 Å². The molecule has 4 heteroatoms. The number of rotatable bonds is 1. The van der Waals surface area contributed by atoms with Crippen LogP contribution in [-0.4, -0.2) is 36.5 Å². The molecule has 1 fully saturated rings. The van der Waals surface area contributed by atoms with Gasteiger partial charge >= 0.3 is 0 Å². The monoisotopic (exact) mass is 143 g/mol. The molecule has 2 unspecified atom stereocenters. The highest BCUT2D eigenvalue weighted by molar-refractivity contribution is 5.80. The van der Waals surface area contributed by atoms with Crippen LogP contribution in [0.5, 0.6) is 0 Å². The van der Waals surface area contributed by atoms with E-state index in [1.165, 1.54) is 0 Å². The lowest BCUT2D eigenvalue weighted by molar-refractivity contribution is -0.121. The molecule has 0 aromatic carbocycles. The summed E-state index contributed by atoms with van der Waals surface area (Å²) in [4.78, 5) is 12.6. The van der Waals surface area contributed by atoms with E-state index >= 15 is 0 Å². The zero-order valence-corrected chi connectivity index (χ0v) is 6.08. The first-order chi connectivity index (χ1) is 4.61. The van der Waals surface area contributed by atoms with Gasteiger partial charge in [-0.3, -0.25) is 9.69 Å². The third kappa shape index (κ3) is 1.27. The standard InChI is InChI=1S/C6H13N3O/c1-9-3-4(7)2-5(9)6(8)10/h4-5H,2-3,7H2,1H3,(H2,8,10). The highest BCUT2D eigenvalue weighted by Crippen LogP contribution is 2.12. The third-order valence-electron chi connectivity index (χ3n) is 1.91. The lowest BCUT2D eigenvalue weighted by Gasteiger charge is -2.14. The summed E-state index contributed by atoms with van der Waals surface area (Å²) < 4.78 is 0. The van der Waals surface area contributed by atoms with Gasteiger partial charge in [-0.05, 0) is 13.5 Å². The summed E-state index contributed by atoms with van der Waals surface area (Å²) in [6, 6.07) is -0.0301. The lowest BCUT2D eigenvalue weighted by atomic mass is 10.2. The van der Waals surface area contributed by atoms with E-state index in [1.54, 1.807) is 0 Å². The second-order valence-electron chi connectivity index (χ2n) is 2.85. The highest BCUT2D eigenvalue weighted by Gasteiger charge is 2.30. The van der Waals surface area contributed by atoms with Gasteiger partial charge in [-0.25, -0.2) is 0 Å². The van der Waals surface area contributed by atoms with Crippen LogP contribution >= 0.6 is 0 Å². The van der Waals surface area contributed by atoms with Gasteiger partial charge in [-0.2, -0.15) is 0 Å². The van der Waals surface area contributed by atoms with E-state index in [1.807, 2.05) is 11.9 Å². The van der Waals surface area contributed by atoms with Crippen LogP contribution < -0.4 is 11.5 Å². The molecule has 0 aromatic rings. The molecule has 1 aliphatic rings. The molecule has 0 spiro atoms. The minimum Gasteiger partial charge on any atom is -0.368 e. The summed E-state index contributed by atoms with van der Waals surface area (Å²) in [5, 5.41) is 0. The molecule has 0 radical (unpaired) electrons. The fraction of sp³-hybridized carbons (Fsp3) is 0.833. The smallest absolute Gasteiger partial charge is 0.234 e. The Balaban J connectivity index is 2.54. The predicted octanol–water partition coefficient (Wildman–Crippen LogP) is -1.50. The summed E-state index contributed by atoms with van der Waals surface area (Å²) in [6.07, 6.45) is 0.700. The van der Waals surface area contributed by atoms with E-state index in [9.17, 15) is 4.79 Å². The Bertz CT molecular complexity index is 148. The Labute approximate surface area is 60.2 Å². The van der Waals surface area contributed by atoms with Gasteiger partial charge in [-0.1, -0.05) is 0 Å². The molecular formula is C6H13N3O. The van der Waals surface area contributed by atoms with Crippen LogP contribution in [0.25, 0.3) is 0 Å². The number of nitrogens with two attached hydrogens (primary N) is 2. The Morgan fingerprint density at radius 2 is 2.30 bits per heavy atom. The maximum absolute atomic E-state index is 10.7. The molecule has 2 atom stereocenters. The average Bonchev–Trinajstić information content (AvgIpc) is 2.10. The summed E-state index contributed by atoms with van der Waals surface area (Å²) in [5.41, 5.74) is 10.7. The number of likely N-dealkylation sites (N-methyl/N-ethyl adjacent to an activating group) is 1. The molecule has 4 N–H and O–H groups in total. The van der Waals surface area contributed by atoms with E-state index in [2.05, 4.69) is 0 Å². The topological polar surface area (TPSA) is 72.3 Å². The molecule has 4 nitrogen and oxygen atoms in total. The predicted molar refractivity (Wildman–Crippen MR) is 38.2 cm³/mol. The fourth-order valence-corrected chi connectivity index (χ4v) is 1.37. The first-order valence-corrected chi connectivity index (χ1v) is 3.36. The molecular weight excluding hydrogens is 130 g/mol. The van der Waals surface area contributed by atoms with Gasteiger partial charge in [0.05, 0.1) is 6.04 Å². The molecule has 1 aliphatic heterocycles. The zero-order chi connectivity index (χ0) is 7.72. The summed E-state index contributed by atoms with van der Waals surface area (Å²) in [6.45, 7) is 0.771. The van der Waals surface area contributed by atoms with Crippen molar-refractivity contribution in [2.45, 2.75) is 18.5 Å². The minimum atomic E-state index is -0.268. The number of likely N-dealkylation sites (tertiary alicyclic amines) is 1. The van der Waals surface area contributed by atoms with Crippen molar-refractivity contribution >= 4 is 5.91 Å². The van der Waals surface area contributed by atoms with E-state index in [0.29, 0.717) is 6.42 Å². The quantitative estimate of drug-likeness (QED) is 0.469. The fourth-order valence-electron chi connectivity index (χ4n) is 1.37. The SMILES string of the molecule is CN1CC(N)CC1C(N)=O. The highest BCUT2D eigenvalue weighted by atomic mass is 16.1. The molecule has 1 rings (SSSR count). The molecule has 0 aliphatic carbocycles. The molecule has 1 saturated heterocycles. The van der Waals surface area contributed by atoms with Crippen molar-refractivity contribution in [1.82, 2.24) is 4.90 Å². The molecule has 0 saturated carbocycles. The van der Waals surface area contributed by atoms with Crippen LogP contribution in [0.2, 0.25) is 0 Å². The Kier molecular flexibility index (Phi) is 1.92. The van der Waals surface area contributed by atoms with E-state index in [0.717, 1.165) is 6.54 Å². The zero-order valence-electron chi connectivity index (χ0n) is 6.08. The first-order valence-electron chi connectivity index (χ1n) is 3.36. The molecule has 10 heavy (non-hydrogen) atoms. The second-order valence-corrected chi connectivity index (χ2v) is 2.85. The van der Waals surface area contributed by atoms with Crippen LogP contribution in [0.3, 0.4) is 0 Å². The van der Waals surface area contributed by atoms with Gasteiger partial charge in [0.1, 0.15) is 0 Å². The van der Waals surface area contributed by atoms with Gasteiger partial charge in [0.25, 0.3) is 0 Å². The Morgan fingerprint density at radius 3 is 2.50 bits per heavy atom. The second kappa shape index (κ2) is 2.56. The van der Waals surface area contributed by atoms with E-state index < -0.39 is 0 Å². The van der Waals surface area contributed by atoms with Crippen molar-refractivity contribution in [3.63, 3.8) is 0 Å². The minimum absolute atomic E-state index is 0.113. The van der Waals surface area contributed by atoms with Crippen molar-refractivity contribution in [2.24, 2.45) is 11.5 Å². The Morgan fingerprint density at radius 1 is 1.70 bits per heavy atom. The Hall–Kier alpha value is -0.610. The number of amides is 1. The van der Waals surface area contributed by atoms with Crippen LogP contribution in [0.1, 0.15) is 6.42 Å². The van der Waals surface area contributed by atoms with Crippen molar-refractivity contribution < 1.29 is 4.79 Å². The molecule has 0 bridgehead atoms. The van der Waals surface area contributed by atoms with Crippen molar-refractivity contribution in [2.75, 3.05) is 13.6 Å². The maximum atomic E-state index is 10.7. The summed E-state index contributed by atoms with van der Waals surface area (Å²) in [7, 11) is 1.86. The maximum Gasteiger partial charge on any atom is 0.234 e. The molecule has 1 heterocycles. The lowest BCUT2D eigenvalue weighted by Crippen LogP contribution is -2.37. The number of hydrogen-bond donors (Lipinski definition) is 2. The average molecular weight is 143 g/mol. The van der Waals surface area contributed by atoms with Gasteiger partial charge in [0.2, 0.25) is 5.91 Å². The largest absolute Gasteiger partial charge is 0.368 e. The number of primary amides is 1. The normalized spacial score (nSPS) is 34.6. The molecule has 1 amide bonds. The van der Waals surface area contributed by atoms with Gasteiger partial charge < -0.3 is 11.5 Å². The van der Waals surface area contributed by atoms with Crippen molar-refractivity contribution in [1.29, 1.82) is 0 Å². The number of nitrogens with zero attached hydrogens (tertiary/aromatic N) is 1. The van der Waals surface area contributed by atoms with Crippen LogP contribution in [-0.2, 0) is 4.79 Å². The summed E-state index contributed by atoms with van der Waals surface area (Å²) >= 11 is 0. The summed E-state index contributed by atoms with van der Waals surface area (Å²) in [5.74, 6) is -0.268. The number of carbonyl (C=O) groups excluding carboxylic acids is 1. The third-order valence-corrected chi connectivity index (χ3v) is 1.91. The number of carbonyl (C=O) groups is 1. The van der Waals surface area contributed by atoms with Crippen LogP contribution in [0.4, 0.5) is 0 Å². The van der Waals surface area contributed by atoms with Gasteiger partial charge in [0.15, 0.2) is 0 Å². The molecule has 58 valence electrons. The van der Waals surface area contributed by atoms with Crippen molar-refractivity contribution in [3.8, 4) is 0 Å².